The van der Waals surface area contributed by atoms with Crippen molar-refractivity contribution in [3.05, 3.63) is 5.01 Å². The number of carbonyl (C=O) groups excluding carboxylic acids is 1. The largest absolute Gasteiger partial charge is 0.360 e. The topological polar surface area (TPSA) is 66.9 Å². The second kappa shape index (κ2) is 6.42. The minimum Gasteiger partial charge on any atom is -0.360 e. The Morgan fingerprint density at radius 2 is 2.19 bits per heavy atom. The van der Waals surface area contributed by atoms with Gasteiger partial charge in [0.1, 0.15) is 0 Å². The van der Waals surface area contributed by atoms with Crippen LogP contribution >= 0.6 is 11.3 Å². The monoisotopic (exact) mass is 242 g/mol. The van der Waals surface area contributed by atoms with Gasteiger partial charge in [-0.3, -0.25) is 4.79 Å². The summed E-state index contributed by atoms with van der Waals surface area (Å²) in [4.78, 5) is 11.6. The first-order valence-corrected chi connectivity index (χ1v) is 6.30. The average molecular weight is 242 g/mol. The van der Waals surface area contributed by atoms with Crippen molar-refractivity contribution >= 4 is 22.4 Å². The number of aromatic nitrogens is 2. The van der Waals surface area contributed by atoms with Crippen molar-refractivity contribution in [2.75, 3.05) is 18.4 Å². The predicted octanol–water partition coefficient (Wildman–Crippen LogP) is 1.75. The van der Waals surface area contributed by atoms with Gasteiger partial charge < -0.3 is 10.6 Å². The Morgan fingerprint density at radius 3 is 2.81 bits per heavy atom. The number of nitrogens with one attached hydrogen (secondary N) is 2. The highest BCUT2D eigenvalue weighted by atomic mass is 32.1. The molecule has 1 aromatic heterocycles. The minimum absolute atomic E-state index is 0.137. The molecule has 0 unspecified atom stereocenters. The minimum atomic E-state index is -0.137. The molecule has 0 aliphatic heterocycles. The van der Waals surface area contributed by atoms with Gasteiger partial charge >= 0.3 is 0 Å². The highest BCUT2D eigenvalue weighted by Gasteiger charge is 2.11. The van der Waals surface area contributed by atoms with Crippen molar-refractivity contribution in [3.63, 3.8) is 0 Å². The first kappa shape index (κ1) is 12.9. The molecule has 2 N–H and O–H groups in total. The molecule has 0 atom stereocenters. The molecule has 0 aliphatic rings. The Balaban J connectivity index is 2.40. The molecule has 0 fully saturated rings. The number of hydrogen-bond acceptors (Lipinski definition) is 5. The van der Waals surface area contributed by atoms with Crippen molar-refractivity contribution in [1.82, 2.24) is 15.5 Å². The van der Waals surface area contributed by atoms with Crippen LogP contribution in [0.3, 0.4) is 0 Å². The molecule has 0 aromatic carbocycles. The average Bonchev–Trinajstić information content (AvgIpc) is 2.66. The summed E-state index contributed by atoms with van der Waals surface area (Å²) >= 11 is 1.28. The van der Waals surface area contributed by atoms with Crippen LogP contribution in [0.15, 0.2) is 0 Å². The van der Waals surface area contributed by atoms with E-state index in [9.17, 15) is 4.79 Å². The van der Waals surface area contributed by atoms with Gasteiger partial charge in [-0.25, -0.2) is 0 Å². The fraction of sp³-hybridized carbons (Fsp3) is 0.700. The van der Waals surface area contributed by atoms with Gasteiger partial charge in [0.2, 0.25) is 10.1 Å². The summed E-state index contributed by atoms with van der Waals surface area (Å²) < 4.78 is 0. The Morgan fingerprint density at radius 1 is 1.44 bits per heavy atom. The van der Waals surface area contributed by atoms with Crippen LogP contribution in [0.5, 0.6) is 0 Å². The van der Waals surface area contributed by atoms with E-state index in [0.717, 1.165) is 13.0 Å². The molecule has 1 heterocycles. The van der Waals surface area contributed by atoms with E-state index in [2.05, 4.69) is 34.7 Å². The molecule has 5 nitrogen and oxygen atoms in total. The van der Waals surface area contributed by atoms with Crippen LogP contribution in [0.25, 0.3) is 0 Å². The lowest BCUT2D eigenvalue weighted by atomic mass is 10.1. The van der Waals surface area contributed by atoms with Gasteiger partial charge in [0.05, 0.1) is 0 Å². The quantitative estimate of drug-likeness (QED) is 0.797. The second-order valence-electron chi connectivity index (χ2n) is 3.88. The van der Waals surface area contributed by atoms with E-state index < -0.39 is 0 Å². The van der Waals surface area contributed by atoms with Gasteiger partial charge in [-0.15, -0.1) is 10.2 Å². The van der Waals surface area contributed by atoms with Gasteiger partial charge in [0, 0.05) is 13.1 Å². The second-order valence-corrected chi connectivity index (χ2v) is 4.86. The Bertz CT molecular complexity index is 337. The molecule has 16 heavy (non-hydrogen) atoms. The third-order valence-electron chi connectivity index (χ3n) is 1.95. The van der Waals surface area contributed by atoms with Crippen LogP contribution in [0.2, 0.25) is 0 Å². The SMILES string of the molecule is CCNc1nnc(C(=O)NCCC(C)C)s1. The summed E-state index contributed by atoms with van der Waals surface area (Å²) in [7, 11) is 0. The summed E-state index contributed by atoms with van der Waals surface area (Å²) in [5, 5.41) is 14.6. The fourth-order valence-corrected chi connectivity index (χ4v) is 1.82. The number of anilines is 1. The fourth-order valence-electron chi connectivity index (χ4n) is 1.09. The highest BCUT2D eigenvalue weighted by molar-refractivity contribution is 7.17. The highest BCUT2D eigenvalue weighted by Crippen LogP contribution is 2.14. The summed E-state index contributed by atoms with van der Waals surface area (Å²) in [6.45, 7) is 7.70. The lowest BCUT2D eigenvalue weighted by Crippen LogP contribution is -2.25. The maximum atomic E-state index is 11.6. The van der Waals surface area contributed by atoms with E-state index in [0.29, 0.717) is 22.6 Å². The van der Waals surface area contributed by atoms with Crippen LogP contribution in [0.4, 0.5) is 5.13 Å². The van der Waals surface area contributed by atoms with E-state index in [1.807, 2.05) is 6.92 Å². The zero-order valence-corrected chi connectivity index (χ0v) is 10.7. The Hall–Kier alpha value is -1.17. The molecule has 1 amide bonds. The van der Waals surface area contributed by atoms with Gasteiger partial charge in [-0.1, -0.05) is 25.2 Å². The Kier molecular flexibility index (Phi) is 5.18. The zero-order valence-electron chi connectivity index (χ0n) is 9.91. The van der Waals surface area contributed by atoms with E-state index in [1.54, 1.807) is 0 Å². The molecule has 6 heteroatoms. The van der Waals surface area contributed by atoms with Crippen LogP contribution < -0.4 is 10.6 Å². The van der Waals surface area contributed by atoms with Gasteiger partial charge in [0.25, 0.3) is 5.91 Å². The molecule has 0 radical (unpaired) electrons. The maximum absolute atomic E-state index is 11.6. The summed E-state index contributed by atoms with van der Waals surface area (Å²) in [6.07, 6.45) is 0.977. The number of rotatable bonds is 6. The number of hydrogen-bond donors (Lipinski definition) is 2. The van der Waals surface area contributed by atoms with Crippen molar-refractivity contribution in [2.45, 2.75) is 27.2 Å². The zero-order chi connectivity index (χ0) is 12.0. The smallest absolute Gasteiger partial charge is 0.282 e. The molecule has 0 saturated heterocycles. The maximum Gasteiger partial charge on any atom is 0.282 e. The normalized spacial score (nSPS) is 10.5. The summed E-state index contributed by atoms with van der Waals surface area (Å²) in [5.74, 6) is 0.453. The molecule has 0 aliphatic carbocycles. The number of nitrogens with zero attached hydrogens (tertiary/aromatic N) is 2. The van der Waals surface area contributed by atoms with Crippen LogP contribution in [-0.4, -0.2) is 29.2 Å². The third kappa shape index (κ3) is 4.14. The van der Waals surface area contributed by atoms with E-state index >= 15 is 0 Å². The lowest BCUT2D eigenvalue weighted by Gasteiger charge is -2.04. The van der Waals surface area contributed by atoms with Crippen molar-refractivity contribution in [1.29, 1.82) is 0 Å². The molecular formula is C10H18N4OS. The standard InChI is InChI=1S/C10H18N4OS/c1-4-11-10-14-13-9(16-10)8(15)12-6-5-7(2)3/h7H,4-6H2,1-3H3,(H,11,14)(H,12,15). The third-order valence-corrected chi connectivity index (χ3v) is 2.83. The Labute approximate surface area is 99.7 Å². The van der Waals surface area contributed by atoms with Gasteiger partial charge in [-0.2, -0.15) is 0 Å². The van der Waals surface area contributed by atoms with E-state index in [4.69, 9.17) is 0 Å². The molecule has 0 saturated carbocycles. The molecule has 1 aromatic rings. The molecule has 0 spiro atoms. The summed E-state index contributed by atoms with van der Waals surface area (Å²) in [6, 6.07) is 0. The van der Waals surface area contributed by atoms with E-state index in [-0.39, 0.29) is 5.91 Å². The molecular weight excluding hydrogens is 224 g/mol. The van der Waals surface area contributed by atoms with E-state index in [1.165, 1.54) is 11.3 Å². The van der Waals surface area contributed by atoms with Crippen LogP contribution in [0, 0.1) is 5.92 Å². The molecule has 90 valence electrons. The summed E-state index contributed by atoms with van der Waals surface area (Å²) in [5.41, 5.74) is 0. The lowest BCUT2D eigenvalue weighted by molar-refractivity contribution is 0.0951. The van der Waals surface area contributed by atoms with Crippen molar-refractivity contribution in [3.8, 4) is 0 Å². The first-order chi connectivity index (χ1) is 7.63. The number of amides is 1. The van der Waals surface area contributed by atoms with Crippen molar-refractivity contribution in [2.24, 2.45) is 5.92 Å². The number of carbonyl (C=O) groups is 1. The predicted molar refractivity (Wildman–Crippen MR) is 65.9 cm³/mol. The van der Waals surface area contributed by atoms with Crippen LogP contribution in [0.1, 0.15) is 37.0 Å². The first-order valence-electron chi connectivity index (χ1n) is 5.49. The van der Waals surface area contributed by atoms with Gasteiger partial charge in [0.15, 0.2) is 0 Å². The van der Waals surface area contributed by atoms with Crippen molar-refractivity contribution < 1.29 is 4.79 Å². The molecule has 1 rings (SSSR count). The van der Waals surface area contributed by atoms with Crippen LogP contribution in [-0.2, 0) is 0 Å². The molecule has 0 bridgehead atoms. The van der Waals surface area contributed by atoms with Gasteiger partial charge in [-0.05, 0) is 19.3 Å².